The molecule has 0 aliphatic carbocycles. The Morgan fingerprint density at radius 2 is 1.60 bits per heavy atom. The zero-order valence-corrected chi connectivity index (χ0v) is 11.6. The van der Waals surface area contributed by atoms with Crippen LogP contribution in [0.25, 0.3) is 11.3 Å². The van der Waals surface area contributed by atoms with E-state index in [-0.39, 0.29) is 17.0 Å². The van der Waals surface area contributed by atoms with Crippen molar-refractivity contribution in [1.82, 2.24) is 9.78 Å². The maximum Gasteiger partial charge on any atom is 0.164 e. The van der Waals surface area contributed by atoms with E-state index in [0.29, 0.717) is 17.8 Å². The van der Waals surface area contributed by atoms with E-state index < -0.39 is 23.0 Å². The van der Waals surface area contributed by atoms with E-state index in [1.807, 2.05) is 20.8 Å². The summed E-state index contributed by atoms with van der Waals surface area (Å²) < 4.78 is 41.5. The highest BCUT2D eigenvalue weighted by molar-refractivity contribution is 5.67. The van der Waals surface area contributed by atoms with Gasteiger partial charge in [-0.1, -0.05) is 0 Å². The van der Waals surface area contributed by atoms with Gasteiger partial charge in [-0.2, -0.15) is 5.10 Å². The summed E-state index contributed by atoms with van der Waals surface area (Å²) in [5, 5.41) is 14.2. The number of rotatable bonds is 1. The number of hydrogen-bond donors (Lipinski definition) is 1. The molecule has 108 valence electrons. The molecule has 6 heteroatoms. The molecular weight excluding hydrogens is 269 g/mol. The van der Waals surface area contributed by atoms with Crippen molar-refractivity contribution >= 4 is 0 Å². The lowest BCUT2D eigenvalue weighted by Gasteiger charge is -2.20. The average Bonchev–Trinajstić information content (AvgIpc) is 2.61. The van der Waals surface area contributed by atoms with Gasteiger partial charge in [-0.25, -0.2) is 13.2 Å². The fraction of sp³-hybridized carbons (Fsp3) is 0.357. The number of benzene rings is 1. The molecule has 1 aromatic heterocycles. The zero-order chi connectivity index (χ0) is 15.2. The topological polar surface area (TPSA) is 38.1 Å². The molecule has 0 radical (unpaired) electrons. The van der Waals surface area contributed by atoms with Crippen LogP contribution < -0.4 is 0 Å². The van der Waals surface area contributed by atoms with Crippen LogP contribution in [-0.2, 0) is 5.54 Å². The summed E-state index contributed by atoms with van der Waals surface area (Å²) in [4.78, 5) is 0. The van der Waals surface area contributed by atoms with E-state index in [1.165, 1.54) is 4.68 Å². The van der Waals surface area contributed by atoms with E-state index in [4.69, 9.17) is 0 Å². The number of aromatic nitrogens is 2. The Morgan fingerprint density at radius 3 is 2.10 bits per heavy atom. The smallest absolute Gasteiger partial charge is 0.164 e. The first-order valence-electron chi connectivity index (χ1n) is 6.07. The number of hydrogen-bond acceptors (Lipinski definition) is 2. The molecule has 0 fully saturated rings. The van der Waals surface area contributed by atoms with Crippen molar-refractivity contribution in [3.05, 3.63) is 35.3 Å². The molecule has 0 atom stereocenters. The van der Waals surface area contributed by atoms with E-state index in [1.54, 1.807) is 6.92 Å². The quantitative estimate of drug-likeness (QED) is 0.810. The Labute approximate surface area is 114 Å². The first kappa shape index (κ1) is 14.4. The van der Waals surface area contributed by atoms with Gasteiger partial charge in [-0.3, -0.25) is 4.68 Å². The molecule has 1 heterocycles. The van der Waals surface area contributed by atoms with Gasteiger partial charge in [0.2, 0.25) is 0 Å². The first-order chi connectivity index (χ1) is 9.12. The maximum absolute atomic E-state index is 13.8. The molecule has 0 aliphatic rings. The highest BCUT2D eigenvalue weighted by atomic mass is 19.2. The summed E-state index contributed by atoms with van der Waals surface area (Å²) in [5.41, 5.74) is -0.382. The molecule has 2 aromatic rings. The molecule has 0 saturated carbocycles. The molecule has 1 aromatic carbocycles. The Balaban J connectivity index is 2.69. The van der Waals surface area contributed by atoms with Crippen molar-refractivity contribution in [2.45, 2.75) is 33.2 Å². The van der Waals surface area contributed by atoms with E-state index in [0.717, 1.165) is 0 Å². The number of nitrogens with zero attached hydrogens (tertiary/aromatic N) is 2. The molecule has 0 amide bonds. The molecule has 1 N–H and O–H groups in total. The predicted molar refractivity (Wildman–Crippen MR) is 68.9 cm³/mol. The van der Waals surface area contributed by atoms with Crippen LogP contribution in [0.15, 0.2) is 12.1 Å². The van der Waals surface area contributed by atoms with Crippen LogP contribution in [0.1, 0.15) is 26.5 Å². The summed E-state index contributed by atoms with van der Waals surface area (Å²) in [7, 11) is 0. The Morgan fingerprint density at radius 1 is 1.05 bits per heavy atom. The van der Waals surface area contributed by atoms with Gasteiger partial charge in [0.05, 0.1) is 11.2 Å². The highest BCUT2D eigenvalue weighted by Crippen LogP contribution is 2.35. The highest BCUT2D eigenvalue weighted by Gasteiger charge is 2.25. The molecular formula is C14H15F3N2O. The van der Waals surface area contributed by atoms with Crippen molar-refractivity contribution < 1.29 is 18.3 Å². The van der Waals surface area contributed by atoms with Gasteiger partial charge in [-0.15, -0.1) is 0 Å². The van der Waals surface area contributed by atoms with Gasteiger partial charge in [0, 0.05) is 11.6 Å². The largest absolute Gasteiger partial charge is 0.504 e. The third-order valence-electron chi connectivity index (χ3n) is 2.99. The zero-order valence-electron chi connectivity index (χ0n) is 11.6. The second-order valence-electron chi connectivity index (χ2n) is 5.61. The summed E-state index contributed by atoms with van der Waals surface area (Å²) in [6, 6.07) is 1.13. The fourth-order valence-electron chi connectivity index (χ4n) is 2.03. The van der Waals surface area contributed by atoms with Gasteiger partial charge >= 0.3 is 0 Å². The first-order valence-corrected chi connectivity index (χ1v) is 6.07. The molecule has 20 heavy (non-hydrogen) atoms. The molecule has 0 saturated heterocycles. The third kappa shape index (κ3) is 2.26. The van der Waals surface area contributed by atoms with Crippen molar-refractivity contribution in [2.75, 3.05) is 0 Å². The van der Waals surface area contributed by atoms with E-state index >= 15 is 0 Å². The maximum atomic E-state index is 13.8. The fourth-order valence-corrected chi connectivity index (χ4v) is 2.03. The minimum absolute atomic E-state index is 0.103. The molecule has 3 nitrogen and oxygen atoms in total. The molecule has 0 aliphatic heterocycles. The van der Waals surface area contributed by atoms with Crippen molar-refractivity contribution in [3.63, 3.8) is 0 Å². The lowest BCUT2D eigenvalue weighted by molar-refractivity contribution is 0.345. The van der Waals surface area contributed by atoms with Crippen LogP contribution in [0, 0.1) is 24.4 Å². The molecule has 0 spiro atoms. The Hall–Kier alpha value is -1.98. The number of halogens is 3. The van der Waals surface area contributed by atoms with Gasteiger partial charge in [0.15, 0.2) is 17.4 Å². The number of aromatic hydroxyl groups is 1. The van der Waals surface area contributed by atoms with Gasteiger partial charge < -0.3 is 5.11 Å². The second kappa shape index (κ2) is 4.54. The summed E-state index contributed by atoms with van der Waals surface area (Å²) >= 11 is 0. The second-order valence-corrected chi connectivity index (χ2v) is 5.61. The predicted octanol–water partition coefficient (Wildman–Crippen LogP) is 3.74. The van der Waals surface area contributed by atoms with E-state index in [2.05, 4.69) is 5.10 Å². The lowest BCUT2D eigenvalue weighted by atomic mass is 10.1. The Bertz CT molecular complexity index is 672. The monoisotopic (exact) mass is 284 g/mol. The van der Waals surface area contributed by atoms with Crippen LogP contribution in [-0.4, -0.2) is 14.9 Å². The minimum atomic E-state index is -1.28. The van der Waals surface area contributed by atoms with Crippen LogP contribution in [0.4, 0.5) is 13.2 Å². The van der Waals surface area contributed by atoms with Crippen molar-refractivity contribution in [2.24, 2.45) is 0 Å². The van der Waals surface area contributed by atoms with Crippen LogP contribution >= 0.6 is 0 Å². The van der Waals surface area contributed by atoms with Crippen LogP contribution in [0.3, 0.4) is 0 Å². The van der Waals surface area contributed by atoms with Crippen molar-refractivity contribution in [1.29, 1.82) is 0 Å². The standard InChI is InChI=1S/C14H15F3N2O/c1-7-13(20)12(18-19(7)14(2,3)4)8-5-10(16)11(17)6-9(8)15/h5-6,20H,1-4H3. The molecule has 2 rings (SSSR count). The van der Waals surface area contributed by atoms with Gasteiger partial charge in [0.1, 0.15) is 11.5 Å². The van der Waals surface area contributed by atoms with Crippen LogP contribution in [0.5, 0.6) is 5.75 Å². The Kier molecular flexibility index (Phi) is 3.28. The lowest BCUT2D eigenvalue weighted by Crippen LogP contribution is -2.24. The van der Waals surface area contributed by atoms with Gasteiger partial charge in [-0.05, 0) is 33.8 Å². The molecule has 0 bridgehead atoms. The SMILES string of the molecule is Cc1c(O)c(-c2cc(F)c(F)cc2F)nn1C(C)(C)C. The third-order valence-corrected chi connectivity index (χ3v) is 2.99. The summed E-state index contributed by atoms with van der Waals surface area (Å²) in [5.74, 6) is -3.69. The van der Waals surface area contributed by atoms with E-state index in [9.17, 15) is 18.3 Å². The van der Waals surface area contributed by atoms with Crippen molar-refractivity contribution in [3.8, 4) is 17.0 Å². The summed E-state index contributed by atoms with van der Waals surface area (Å²) in [6.45, 7) is 7.20. The van der Waals surface area contributed by atoms with Gasteiger partial charge in [0.25, 0.3) is 0 Å². The van der Waals surface area contributed by atoms with Crippen LogP contribution in [0.2, 0.25) is 0 Å². The summed E-state index contributed by atoms with van der Waals surface area (Å²) in [6.07, 6.45) is 0. The minimum Gasteiger partial charge on any atom is -0.504 e. The average molecular weight is 284 g/mol. The molecule has 0 unspecified atom stereocenters. The normalized spacial score (nSPS) is 11.9.